The van der Waals surface area contributed by atoms with E-state index in [9.17, 15) is 0 Å². The zero-order valence-electron chi connectivity index (χ0n) is 9.72. The first-order valence-electron chi connectivity index (χ1n) is 4.99. The molecule has 1 nitrogen and oxygen atoms in total. The fourth-order valence-corrected chi connectivity index (χ4v) is 3.66. The molecule has 0 spiro atoms. The van der Waals surface area contributed by atoms with E-state index in [1.807, 2.05) is 11.9 Å². The number of halogens is 1. The maximum absolute atomic E-state index is 3.55. The molecular formula is C11H20BrNS. The first-order chi connectivity index (χ1) is 6.21. The molecule has 3 heteroatoms. The molecule has 0 aromatic rings. The molecule has 0 saturated carbocycles. The molecule has 0 radical (unpaired) electrons. The summed E-state index contributed by atoms with van der Waals surface area (Å²) in [6.45, 7) is 11.5. The van der Waals surface area contributed by atoms with Crippen LogP contribution < -0.4 is 0 Å². The Balaban J connectivity index is 2.66. The summed E-state index contributed by atoms with van der Waals surface area (Å²) in [5.74, 6) is 1.08. The van der Waals surface area contributed by atoms with E-state index < -0.39 is 0 Å². The van der Waals surface area contributed by atoms with Crippen LogP contribution in [0.1, 0.15) is 41.0 Å². The van der Waals surface area contributed by atoms with Gasteiger partial charge in [0.25, 0.3) is 0 Å². The van der Waals surface area contributed by atoms with Gasteiger partial charge in [0.2, 0.25) is 0 Å². The summed E-state index contributed by atoms with van der Waals surface area (Å²) in [5, 5.41) is 0. The summed E-state index contributed by atoms with van der Waals surface area (Å²) in [5.41, 5.74) is 0.616. The minimum absolute atomic E-state index is 0.235. The number of rotatable bonds is 2. The van der Waals surface area contributed by atoms with Gasteiger partial charge in [-0.05, 0) is 37.6 Å². The molecule has 0 saturated heterocycles. The molecule has 1 aliphatic rings. The van der Waals surface area contributed by atoms with E-state index in [-0.39, 0.29) is 5.54 Å². The maximum Gasteiger partial charge on any atom is 0.0466 e. The predicted octanol–water partition coefficient (Wildman–Crippen LogP) is 4.40. The molecular weight excluding hydrogens is 258 g/mol. The highest BCUT2D eigenvalue weighted by Crippen LogP contribution is 2.39. The van der Waals surface area contributed by atoms with Gasteiger partial charge in [0, 0.05) is 22.0 Å². The highest BCUT2D eigenvalue weighted by Gasteiger charge is 2.32. The van der Waals surface area contributed by atoms with Gasteiger partial charge in [0.15, 0.2) is 0 Å². The second-order valence-electron chi connectivity index (χ2n) is 5.73. The molecule has 0 amide bonds. The van der Waals surface area contributed by atoms with E-state index in [2.05, 4.69) is 61.1 Å². The Morgan fingerprint density at radius 2 is 1.93 bits per heavy atom. The Bertz CT molecular complexity index is 240. The van der Waals surface area contributed by atoms with Crippen molar-refractivity contribution in [2.24, 2.45) is 5.41 Å². The van der Waals surface area contributed by atoms with Crippen LogP contribution >= 0.6 is 27.9 Å². The molecule has 14 heavy (non-hydrogen) atoms. The van der Waals surface area contributed by atoms with Gasteiger partial charge in [-0.25, -0.2) is 0 Å². The van der Waals surface area contributed by atoms with E-state index in [4.69, 9.17) is 0 Å². The highest BCUT2D eigenvalue weighted by molar-refractivity contribution is 9.11. The number of hydrogen-bond acceptors (Lipinski definition) is 2. The molecule has 0 bridgehead atoms. The molecule has 0 aliphatic carbocycles. The van der Waals surface area contributed by atoms with Crippen LogP contribution in [0.25, 0.3) is 0 Å². The molecule has 0 fully saturated rings. The van der Waals surface area contributed by atoms with Crippen molar-refractivity contribution in [3.63, 3.8) is 0 Å². The number of hydrogen-bond donors (Lipinski definition) is 0. The van der Waals surface area contributed by atoms with E-state index in [0.29, 0.717) is 5.41 Å². The summed E-state index contributed by atoms with van der Waals surface area (Å²) < 4.78 is 3.67. The van der Waals surface area contributed by atoms with Crippen LogP contribution in [0.2, 0.25) is 0 Å². The van der Waals surface area contributed by atoms with Gasteiger partial charge in [0.1, 0.15) is 0 Å². The van der Waals surface area contributed by atoms with Crippen LogP contribution in [-0.4, -0.2) is 15.6 Å². The van der Waals surface area contributed by atoms with Gasteiger partial charge < -0.3 is 4.31 Å². The molecule has 0 N–H and O–H groups in total. The van der Waals surface area contributed by atoms with Crippen molar-refractivity contribution in [1.29, 1.82) is 0 Å². The first-order valence-corrected chi connectivity index (χ1v) is 6.73. The summed E-state index contributed by atoms with van der Waals surface area (Å²) in [4.78, 5) is 0. The lowest BCUT2D eigenvalue weighted by molar-refractivity contribution is 0.203. The van der Waals surface area contributed by atoms with Crippen LogP contribution in [0, 0.1) is 5.41 Å². The van der Waals surface area contributed by atoms with E-state index in [0.717, 1.165) is 5.75 Å². The van der Waals surface area contributed by atoms with Crippen LogP contribution in [0.4, 0.5) is 0 Å². The Morgan fingerprint density at radius 3 is 2.29 bits per heavy atom. The highest BCUT2D eigenvalue weighted by atomic mass is 79.9. The summed E-state index contributed by atoms with van der Waals surface area (Å²) in [6, 6.07) is 0. The summed E-state index contributed by atoms with van der Waals surface area (Å²) in [7, 11) is 0. The van der Waals surface area contributed by atoms with Gasteiger partial charge in [-0.15, -0.1) is 0 Å². The third kappa shape index (κ3) is 3.50. The van der Waals surface area contributed by atoms with Crippen LogP contribution in [0.3, 0.4) is 0 Å². The Kier molecular flexibility index (Phi) is 3.63. The standard InChI is InChI=1S/C11H20BrNS/c1-10(2,3)8-11(4,5)13-6-9(12)7-14-13/h6H,7-8H2,1-5H3. The van der Waals surface area contributed by atoms with Crippen LogP contribution in [0.15, 0.2) is 10.7 Å². The third-order valence-electron chi connectivity index (χ3n) is 2.16. The number of nitrogens with zero attached hydrogens (tertiary/aromatic N) is 1. The van der Waals surface area contributed by atoms with E-state index in [1.54, 1.807) is 0 Å². The lowest BCUT2D eigenvalue weighted by atomic mass is 9.82. The normalized spacial score (nSPS) is 18.7. The lowest BCUT2D eigenvalue weighted by Crippen LogP contribution is -2.38. The van der Waals surface area contributed by atoms with Crippen molar-refractivity contribution < 1.29 is 0 Å². The van der Waals surface area contributed by atoms with Crippen molar-refractivity contribution in [2.45, 2.75) is 46.6 Å². The SMILES string of the molecule is CC(C)(C)CC(C)(C)N1C=C(Br)CS1. The molecule has 0 atom stereocenters. The van der Waals surface area contributed by atoms with Gasteiger partial charge in [-0.3, -0.25) is 0 Å². The molecule has 1 rings (SSSR count). The largest absolute Gasteiger partial charge is 0.317 e. The average molecular weight is 278 g/mol. The van der Waals surface area contributed by atoms with Crippen molar-refractivity contribution in [2.75, 3.05) is 5.75 Å². The van der Waals surface area contributed by atoms with Crippen molar-refractivity contribution >= 4 is 27.9 Å². The average Bonchev–Trinajstić information content (AvgIpc) is 2.29. The summed E-state index contributed by atoms with van der Waals surface area (Å²) >= 11 is 5.44. The molecule has 1 heterocycles. The van der Waals surface area contributed by atoms with E-state index in [1.165, 1.54) is 10.9 Å². The quantitative estimate of drug-likeness (QED) is 0.689. The Morgan fingerprint density at radius 1 is 1.36 bits per heavy atom. The topological polar surface area (TPSA) is 3.24 Å². The Labute approximate surface area is 101 Å². The third-order valence-corrected chi connectivity index (χ3v) is 4.33. The van der Waals surface area contributed by atoms with E-state index >= 15 is 0 Å². The zero-order valence-corrected chi connectivity index (χ0v) is 12.1. The molecule has 82 valence electrons. The Hall–Kier alpha value is 0.370. The second kappa shape index (κ2) is 4.09. The maximum atomic E-state index is 3.55. The minimum Gasteiger partial charge on any atom is -0.317 e. The molecule has 0 aromatic carbocycles. The second-order valence-corrected chi connectivity index (χ2v) is 7.68. The van der Waals surface area contributed by atoms with Crippen molar-refractivity contribution in [3.05, 3.63) is 10.7 Å². The van der Waals surface area contributed by atoms with Crippen LogP contribution in [-0.2, 0) is 0 Å². The van der Waals surface area contributed by atoms with Crippen LogP contribution in [0.5, 0.6) is 0 Å². The zero-order chi connectivity index (χ0) is 11.0. The van der Waals surface area contributed by atoms with Gasteiger partial charge >= 0.3 is 0 Å². The summed E-state index contributed by atoms with van der Waals surface area (Å²) in [6.07, 6.45) is 3.42. The van der Waals surface area contributed by atoms with Gasteiger partial charge in [-0.1, -0.05) is 36.7 Å². The van der Waals surface area contributed by atoms with Gasteiger partial charge in [0.05, 0.1) is 0 Å². The van der Waals surface area contributed by atoms with Crippen molar-refractivity contribution in [1.82, 2.24) is 4.31 Å². The first kappa shape index (κ1) is 12.4. The molecule has 1 aliphatic heterocycles. The lowest BCUT2D eigenvalue weighted by Gasteiger charge is -2.39. The fourth-order valence-electron chi connectivity index (χ4n) is 2.06. The predicted molar refractivity (Wildman–Crippen MR) is 69.5 cm³/mol. The smallest absolute Gasteiger partial charge is 0.0466 e. The molecule has 0 aromatic heterocycles. The monoisotopic (exact) mass is 277 g/mol. The van der Waals surface area contributed by atoms with Gasteiger partial charge in [-0.2, -0.15) is 0 Å². The minimum atomic E-state index is 0.235. The van der Waals surface area contributed by atoms with Crippen molar-refractivity contribution in [3.8, 4) is 0 Å². The fraction of sp³-hybridized carbons (Fsp3) is 0.818. The molecule has 0 unspecified atom stereocenters.